The number of rotatable bonds is 8. The Morgan fingerprint density at radius 2 is 1.94 bits per heavy atom. The Labute approximate surface area is 189 Å². The number of carbonyl (C=O) groups excluding carboxylic acids is 1. The van der Waals surface area contributed by atoms with Crippen molar-refractivity contribution >= 4 is 19.0 Å². The Morgan fingerprint density at radius 1 is 1.19 bits per heavy atom. The fourth-order valence-corrected chi connectivity index (χ4v) is 7.76. The second kappa shape index (κ2) is 9.97. The number of hydrogen-bond acceptors (Lipinski definition) is 3. The first kappa shape index (κ1) is 24.2. The topological polar surface area (TPSA) is 35.5 Å². The third kappa shape index (κ3) is 6.27. The third-order valence-corrected chi connectivity index (χ3v) is 10.9. The van der Waals surface area contributed by atoms with Crippen LogP contribution in [-0.2, 0) is 14.3 Å². The minimum atomic E-state index is -1.86. The highest BCUT2D eigenvalue weighted by Gasteiger charge is 2.39. The van der Waals surface area contributed by atoms with Gasteiger partial charge in [0.25, 0.3) is 0 Å². The summed E-state index contributed by atoms with van der Waals surface area (Å²) in [7, 11) is -1.86. The minimum Gasteiger partial charge on any atom is -0.353 e. The van der Waals surface area contributed by atoms with E-state index in [9.17, 15) is 4.79 Å². The van der Waals surface area contributed by atoms with E-state index in [-0.39, 0.29) is 22.9 Å². The van der Waals surface area contributed by atoms with Crippen molar-refractivity contribution in [2.45, 2.75) is 78.7 Å². The maximum Gasteiger partial charge on any atom is 0.161 e. The van der Waals surface area contributed by atoms with Gasteiger partial charge in [0.15, 0.2) is 12.1 Å². The van der Waals surface area contributed by atoms with Crippen LogP contribution in [0.2, 0.25) is 13.1 Å². The van der Waals surface area contributed by atoms with Crippen LogP contribution in [0.15, 0.2) is 53.8 Å². The van der Waals surface area contributed by atoms with Gasteiger partial charge in [0, 0.05) is 12.0 Å². The number of ether oxygens (including phenoxy) is 2. The van der Waals surface area contributed by atoms with E-state index in [0.29, 0.717) is 6.61 Å². The molecule has 3 nitrogen and oxygen atoms in total. The maximum atomic E-state index is 12.8. The van der Waals surface area contributed by atoms with Gasteiger partial charge in [-0.25, -0.2) is 0 Å². The van der Waals surface area contributed by atoms with Gasteiger partial charge in [-0.3, -0.25) is 4.79 Å². The molecule has 1 aromatic carbocycles. The molecule has 31 heavy (non-hydrogen) atoms. The highest BCUT2D eigenvalue weighted by molar-refractivity contribution is 6.95. The Hall–Kier alpha value is -1.49. The summed E-state index contributed by atoms with van der Waals surface area (Å²) in [5.41, 5.74) is -0.275. The van der Waals surface area contributed by atoms with Crippen molar-refractivity contribution in [3.63, 3.8) is 0 Å². The summed E-state index contributed by atoms with van der Waals surface area (Å²) < 4.78 is 11.9. The van der Waals surface area contributed by atoms with Crippen molar-refractivity contribution in [1.82, 2.24) is 0 Å². The van der Waals surface area contributed by atoms with E-state index in [4.69, 9.17) is 9.47 Å². The molecular formula is C27H40O3Si. The Balaban J connectivity index is 1.79. The molecule has 1 aliphatic carbocycles. The number of allylic oxidation sites excluding steroid dienone is 3. The average Bonchev–Trinajstić information content (AvgIpc) is 2.74. The lowest BCUT2D eigenvalue weighted by Crippen LogP contribution is -2.44. The van der Waals surface area contributed by atoms with E-state index < -0.39 is 8.07 Å². The van der Waals surface area contributed by atoms with Gasteiger partial charge in [-0.1, -0.05) is 86.7 Å². The zero-order valence-electron chi connectivity index (χ0n) is 20.1. The highest BCUT2D eigenvalue weighted by atomic mass is 28.3. The Bertz CT molecular complexity index is 803. The van der Waals surface area contributed by atoms with E-state index in [1.54, 1.807) is 6.08 Å². The lowest BCUT2D eigenvalue weighted by Gasteiger charge is -2.38. The standard InChI is InChI=1S/C27H40O3Si/c1-26(2)17-15-24(28)27(3,21-26)18-14-23(16-20-30-25-13-9-10-19-29-25)31(4,5)22-11-7-6-8-12-22/h6-8,11-12,14-15,17,25H,9-10,13,16,18-21H2,1-5H3/b23-14+/t25?,27-/m0/s1. The van der Waals surface area contributed by atoms with Crippen LogP contribution < -0.4 is 5.19 Å². The number of hydrogen-bond donors (Lipinski definition) is 0. The van der Waals surface area contributed by atoms with Crippen LogP contribution in [-0.4, -0.2) is 33.4 Å². The summed E-state index contributed by atoms with van der Waals surface area (Å²) >= 11 is 0. The molecule has 0 radical (unpaired) electrons. The van der Waals surface area contributed by atoms with Gasteiger partial charge >= 0.3 is 0 Å². The second-order valence-corrected chi connectivity index (χ2v) is 15.2. The van der Waals surface area contributed by atoms with Gasteiger partial charge in [0.05, 0.1) is 6.61 Å². The molecule has 2 aliphatic rings. The average molecular weight is 441 g/mol. The van der Waals surface area contributed by atoms with Gasteiger partial charge in [-0.2, -0.15) is 0 Å². The fraction of sp³-hybridized carbons (Fsp3) is 0.593. The lowest BCUT2D eigenvalue weighted by molar-refractivity contribution is -0.161. The molecule has 0 aromatic heterocycles. The fourth-order valence-electron chi connectivity index (χ4n) is 5.03. The predicted octanol–water partition coefficient (Wildman–Crippen LogP) is 5.95. The first-order valence-electron chi connectivity index (χ1n) is 11.8. The van der Waals surface area contributed by atoms with Gasteiger partial charge in [-0.05, 0) is 50.0 Å². The molecule has 0 spiro atoms. The molecule has 1 fully saturated rings. The number of carbonyl (C=O) groups is 1. The van der Waals surface area contributed by atoms with Gasteiger partial charge in [0.2, 0.25) is 0 Å². The molecule has 1 saturated heterocycles. The zero-order valence-corrected chi connectivity index (χ0v) is 21.1. The third-order valence-electron chi connectivity index (χ3n) is 7.04. The normalized spacial score (nSPS) is 26.8. The number of ketones is 1. The van der Waals surface area contributed by atoms with E-state index in [1.807, 2.05) is 0 Å². The maximum absolute atomic E-state index is 12.8. The van der Waals surface area contributed by atoms with Gasteiger partial charge in [-0.15, -0.1) is 0 Å². The summed E-state index contributed by atoms with van der Waals surface area (Å²) in [5, 5.41) is 2.89. The van der Waals surface area contributed by atoms with Gasteiger partial charge in [0.1, 0.15) is 8.07 Å². The highest BCUT2D eigenvalue weighted by Crippen LogP contribution is 2.43. The van der Waals surface area contributed by atoms with Crippen LogP contribution in [0, 0.1) is 10.8 Å². The van der Waals surface area contributed by atoms with Crippen LogP contribution in [0.4, 0.5) is 0 Å². The van der Waals surface area contributed by atoms with Crippen molar-refractivity contribution in [1.29, 1.82) is 0 Å². The van der Waals surface area contributed by atoms with E-state index in [2.05, 4.69) is 76.3 Å². The van der Waals surface area contributed by atoms with Crippen molar-refractivity contribution in [2.24, 2.45) is 10.8 Å². The molecule has 1 aromatic rings. The second-order valence-electron chi connectivity index (χ2n) is 10.8. The molecule has 0 amide bonds. The molecule has 0 N–H and O–H groups in total. The summed E-state index contributed by atoms with van der Waals surface area (Å²) in [6.07, 6.45) is 12.1. The van der Waals surface area contributed by atoms with Crippen LogP contribution >= 0.6 is 0 Å². The first-order valence-corrected chi connectivity index (χ1v) is 14.8. The molecule has 1 heterocycles. The lowest BCUT2D eigenvalue weighted by atomic mass is 9.66. The van der Waals surface area contributed by atoms with E-state index >= 15 is 0 Å². The smallest absolute Gasteiger partial charge is 0.161 e. The van der Waals surface area contributed by atoms with E-state index in [1.165, 1.54) is 16.8 Å². The van der Waals surface area contributed by atoms with Crippen LogP contribution in [0.5, 0.6) is 0 Å². The SMILES string of the molecule is CC1(C)C=CC(=O)[C@@](C)(C/C=C(\CCOC2CCCCO2)[Si](C)(C)c2ccccc2)C1. The largest absolute Gasteiger partial charge is 0.353 e. The molecule has 0 saturated carbocycles. The molecule has 1 unspecified atom stereocenters. The van der Waals surface area contributed by atoms with Crippen LogP contribution in [0.1, 0.15) is 59.3 Å². The molecule has 3 rings (SSSR count). The van der Waals surface area contributed by atoms with Crippen molar-refractivity contribution in [3.8, 4) is 0 Å². The summed E-state index contributed by atoms with van der Waals surface area (Å²) in [6, 6.07) is 10.9. The first-order chi connectivity index (χ1) is 14.6. The molecule has 1 aliphatic heterocycles. The zero-order chi connectivity index (χ0) is 22.5. The molecule has 2 atom stereocenters. The van der Waals surface area contributed by atoms with E-state index in [0.717, 1.165) is 38.7 Å². The summed E-state index contributed by atoms with van der Waals surface area (Å²) in [4.78, 5) is 12.8. The van der Waals surface area contributed by atoms with Crippen molar-refractivity contribution < 1.29 is 14.3 Å². The van der Waals surface area contributed by atoms with Crippen molar-refractivity contribution in [3.05, 3.63) is 53.8 Å². The number of benzene rings is 1. The summed E-state index contributed by atoms with van der Waals surface area (Å²) in [6.45, 7) is 12.9. The Morgan fingerprint density at radius 3 is 2.61 bits per heavy atom. The molecular weight excluding hydrogens is 400 g/mol. The predicted molar refractivity (Wildman–Crippen MR) is 131 cm³/mol. The minimum absolute atomic E-state index is 0.0557. The Kier molecular flexibility index (Phi) is 7.77. The monoisotopic (exact) mass is 440 g/mol. The molecule has 0 bridgehead atoms. The molecule has 170 valence electrons. The van der Waals surface area contributed by atoms with Crippen LogP contribution in [0.25, 0.3) is 0 Å². The van der Waals surface area contributed by atoms with Gasteiger partial charge < -0.3 is 9.47 Å². The van der Waals surface area contributed by atoms with Crippen LogP contribution in [0.3, 0.4) is 0 Å². The van der Waals surface area contributed by atoms with Crippen molar-refractivity contribution in [2.75, 3.05) is 13.2 Å². The quantitative estimate of drug-likeness (QED) is 0.468. The molecule has 4 heteroatoms. The summed E-state index contributed by atoms with van der Waals surface area (Å²) in [5.74, 6) is 0.258.